The van der Waals surface area contributed by atoms with Crippen molar-refractivity contribution in [3.8, 4) is 5.75 Å². The van der Waals surface area contributed by atoms with Gasteiger partial charge in [-0.3, -0.25) is 4.79 Å². The van der Waals surface area contributed by atoms with Gasteiger partial charge in [0, 0.05) is 23.1 Å². The summed E-state index contributed by atoms with van der Waals surface area (Å²) in [4.78, 5) is 12.0. The Balaban J connectivity index is 2.12. The van der Waals surface area contributed by atoms with Crippen LogP contribution in [-0.4, -0.2) is 19.1 Å². The third-order valence-electron chi connectivity index (χ3n) is 3.56. The third kappa shape index (κ3) is 3.13. The van der Waals surface area contributed by atoms with Crippen molar-refractivity contribution in [2.24, 2.45) is 0 Å². The molecule has 2 aromatic rings. The average Bonchev–Trinajstić information content (AvgIpc) is 2.86. The highest BCUT2D eigenvalue weighted by atomic mass is 16.5. The number of fused-ring (bicyclic) bond motifs is 1. The van der Waals surface area contributed by atoms with Gasteiger partial charge >= 0.3 is 0 Å². The van der Waals surface area contributed by atoms with E-state index in [1.165, 1.54) is 0 Å². The molecule has 108 valence electrons. The second-order valence-corrected chi connectivity index (χ2v) is 4.88. The Morgan fingerprint density at radius 2 is 2.10 bits per heavy atom. The summed E-state index contributed by atoms with van der Waals surface area (Å²) in [6.07, 6.45) is 3.89. The smallest absolute Gasteiger partial charge is 0.224 e. The highest BCUT2D eigenvalue weighted by Crippen LogP contribution is 2.25. The number of carbonyl (C=O) groups excluding carboxylic acids is 1. The van der Waals surface area contributed by atoms with Gasteiger partial charge in [0.15, 0.2) is 0 Å². The van der Waals surface area contributed by atoms with Crippen LogP contribution in [0.4, 0.5) is 0 Å². The normalized spacial score (nSPS) is 11.0. The number of hydrogen-bond acceptors (Lipinski definition) is 3. The van der Waals surface area contributed by atoms with Gasteiger partial charge in [-0.15, -0.1) is 0 Å². The minimum Gasteiger partial charge on any atom is -0.497 e. The number of hydrogen-bond donors (Lipinski definition) is 1. The van der Waals surface area contributed by atoms with Gasteiger partial charge in [0.25, 0.3) is 0 Å². The van der Waals surface area contributed by atoms with E-state index in [4.69, 9.17) is 9.15 Å². The average molecular weight is 275 g/mol. The van der Waals surface area contributed by atoms with Crippen LogP contribution >= 0.6 is 0 Å². The van der Waals surface area contributed by atoms with Gasteiger partial charge in [0.05, 0.1) is 19.8 Å². The third-order valence-corrected chi connectivity index (χ3v) is 3.56. The largest absolute Gasteiger partial charge is 0.497 e. The zero-order valence-electron chi connectivity index (χ0n) is 12.2. The zero-order valence-corrected chi connectivity index (χ0v) is 12.2. The summed E-state index contributed by atoms with van der Waals surface area (Å²) in [6, 6.07) is 5.88. The first kappa shape index (κ1) is 14.4. The summed E-state index contributed by atoms with van der Waals surface area (Å²) in [5.74, 6) is 0.789. The van der Waals surface area contributed by atoms with Crippen LogP contribution < -0.4 is 10.1 Å². The van der Waals surface area contributed by atoms with E-state index >= 15 is 0 Å². The Morgan fingerprint density at radius 3 is 2.75 bits per heavy atom. The van der Waals surface area contributed by atoms with Crippen LogP contribution in [0.3, 0.4) is 0 Å². The summed E-state index contributed by atoms with van der Waals surface area (Å²) in [7, 11) is 1.62. The maximum absolute atomic E-state index is 12.0. The van der Waals surface area contributed by atoms with Crippen molar-refractivity contribution in [3.63, 3.8) is 0 Å². The Labute approximate surface area is 119 Å². The molecule has 1 aromatic heterocycles. The molecule has 0 saturated heterocycles. The summed E-state index contributed by atoms with van der Waals surface area (Å²) in [5, 5.41) is 4.00. The molecular formula is C16H21NO3. The standard InChI is InChI=1S/C16H21NO3/c1-4-12(5-2)17-16(18)8-11-10-20-15-9-13(19-3)6-7-14(11)15/h6-7,9-10,12H,4-5,8H2,1-3H3,(H,17,18). The molecule has 0 atom stereocenters. The first-order chi connectivity index (χ1) is 9.67. The van der Waals surface area contributed by atoms with Gasteiger partial charge < -0.3 is 14.5 Å². The van der Waals surface area contributed by atoms with E-state index in [1.807, 2.05) is 18.2 Å². The maximum Gasteiger partial charge on any atom is 0.224 e. The van der Waals surface area contributed by atoms with Crippen LogP contribution in [0, 0.1) is 0 Å². The fraction of sp³-hybridized carbons (Fsp3) is 0.438. The first-order valence-electron chi connectivity index (χ1n) is 7.01. The SMILES string of the molecule is CCC(CC)NC(=O)Cc1coc2cc(OC)ccc12. The van der Waals surface area contributed by atoms with Crippen molar-refractivity contribution in [2.45, 2.75) is 39.2 Å². The van der Waals surface area contributed by atoms with E-state index in [2.05, 4.69) is 19.2 Å². The topological polar surface area (TPSA) is 51.5 Å². The molecule has 2 rings (SSSR count). The molecule has 20 heavy (non-hydrogen) atoms. The van der Waals surface area contributed by atoms with Crippen molar-refractivity contribution in [3.05, 3.63) is 30.0 Å². The van der Waals surface area contributed by atoms with Gasteiger partial charge in [-0.1, -0.05) is 13.8 Å². The molecular weight excluding hydrogens is 254 g/mol. The zero-order chi connectivity index (χ0) is 14.5. The summed E-state index contributed by atoms with van der Waals surface area (Å²) >= 11 is 0. The highest BCUT2D eigenvalue weighted by Gasteiger charge is 2.13. The molecule has 4 nitrogen and oxygen atoms in total. The number of amides is 1. The van der Waals surface area contributed by atoms with E-state index in [-0.39, 0.29) is 11.9 Å². The van der Waals surface area contributed by atoms with Crippen molar-refractivity contribution in [2.75, 3.05) is 7.11 Å². The van der Waals surface area contributed by atoms with Crippen LogP contribution in [-0.2, 0) is 11.2 Å². The Bertz CT molecular complexity index is 584. The van der Waals surface area contributed by atoms with E-state index in [9.17, 15) is 4.79 Å². The van der Waals surface area contributed by atoms with Gasteiger partial charge in [-0.2, -0.15) is 0 Å². The predicted octanol–water partition coefficient (Wildman–Crippen LogP) is 3.29. The molecule has 1 amide bonds. The molecule has 0 aliphatic rings. The number of nitrogens with one attached hydrogen (secondary N) is 1. The van der Waals surface area contributed by atoms with E-state index in [0.29, 0.717) is 6.42 Å². The van der Waals surface area contributed by atoms with Gasteiger partial charge in [0.2, 0.25) is 5.91 Å². The molecule has 1 aromatic carbocycles. The minimum absolute atomic E-state index is 0.0391. The van der Waals surface area contributed by atoms with Crippen LogP contribution in [0.5, 0.6) is 5.75 Å². The summed E-state index contributed by atoms with van der Waals surface area (Å²) < 4.78 is 10.6. The van der Waals surface area contributed by atoms with E-state index in [1.54, 1.807) is 13.4 Å². The molecule has 0 saturated carbocycles. The van der Waals surface area contributed by atoms with E-state index < -0.39 is 0 Å². The number of benzene rings is 1. The molecule has 0 aliphatic heterocycles. The quantitative estimate of drug-likeness (QED) is 0.880. The van der Waals surface area contributed by atoms with E-state index in [0.717, 1.165) is 35.1 Å². The van der Waals surface area contributed by atoms with Gasteiger partial charge in [-0.25, -0.2) is 0 Å². The lowest BCUT2D eigenvalue weighted by atomic mass is 10.1. The number of methoxy groups -OCH3 is 1. The van der Waals surface area contributed by atoms with Crippen molar-refractivity contribution >= 4 is 16.9 Å². The van der Waals surface area contributed by atoms with Crippen LogP contribution in [0.15, 0.2) is 28.9 Å². The maximum atomic E-state index is 12.0. The molecule has 0 unspecified atom stereocenters. The molecule has 0 fully saturated rings. The Hall–Kier alpha value is -1.97. The molecule has 4 heteroatoms. The molecule has 1 heterocycles. The molecule has 0 spiro atoms. The van der Waals surface area contributed by atoms with Crippen LogP contribution in [0.2, 0.25) is 0 Å². The Kier molecular flexibility index (Phi) is 4.66. The fourth-order valence-corrected chi connectivity index (χ4v) is 2.27. The lowest BCUT2D eigenvalue weighted by Gasteiger charge is -2.14. The first-order valence-corrected chi connectivity index (χ1v) is 7.01. The number of furan rings is 1. The molecule has 0 aliphatic carbocycles. The summed E-state index contributed by atoms with van der Waals surface area (Å²) in [6.45, 7) is 4.15. The van der Waals surface area contributed by atoms with Crippen molar-refractivity contribution in [1.29, 1.82) is 0 Å². The molecule has 1 N–H and O–H groups in total. The molecule has 0 radical (unpaired) electrons. The fourth-order valence-electron chi connectivity index (χ4n) is 2.27. The number of carbonyl (C=O) groups is 1. The number of rotatable bonds is 6. The lowest BCUT2D eigenvalue weighted by Crippen LogP contribution is -2.34. The minimum atomic E-state index is 0.0391. The highest BCUT2D eigenvalue weighted by molar-refractivity contribution is 5.88. The predicted molar refractivity (Wildman–Crippen MR) is 79.0 cm³/mol. The Morgan fingerprint density at radius 1 is 1.35 bits per heavy atom. The summed E-state index contributed by atoms with van der Waals surface area (Å²) in [5.41, 5.74) is 1.65. The van der Waals surface area contributed by atoms with Gasteiger partial charge in [-0.05, 0) is 25.0 Å². The van der Waals surface area contributed by atoms with Crippen LogP contribution in [0.25, 0.3) is 11.0 Å². The second kappa shape index (κ2) is 6.46. The van der Waals surface area contributed by atoms with Crippen LogP contribution in [0.1, 0.15) is 32.3 Å². The second-order valence-electron chi connectivity index (χ2n) is 4.88. The number of ether oxygens (including phenoxy) is 1. The van der Waals surface area contributed by atoms with Crippen molar-refractivity contribution < 1.29 is 13.9 Å². The monoisotopic (exact) mass is 275 g/mol. The van der Waals surface area contributed by atoms with Crippen molar-refractivity contribution in [1.82, 2.24) is 5.32 Å². The lowest BCUT2D eigenvalue weighted by molar-refractivity contribution is -0.121. The molecule has 0 bridgehead atoms. The van der Waals surface area contributed by atoms with Gasteiger partial charge in [0.1, 0.15) is 11.3 Å².